The Balaban J connectivity index is 0.00000264. The summed E-state index contributed by atoms with van der Waals surface area (Å²) < 4.78 is 5.42. The summed E-state index contributed by atoms with van der Waals surface area (Å²) in [5, 5.41) is 7.82. The fraction of sp³-hybridized carbons (Fsp3) is 0.938. The van der Waals surface area contributed by atoms with E-state index in [1.807, 2.05) is 11.8 Å². The highest BCUT2D eigenvalue weighted by Gasteiger charge is 2.24. The van der Waals surface area contributed by atoms with E-state index in [0.717, 1.165) is 50.6 Å². The second-order valence-electron chi connectivity index (χ2n) is 6.23. The van der Waals surface area contributed by atoms with Gasteiger partial charge in [0.25, 0.3) is 0 Å². The van der Waals surface area contributed by atoms with Crippen molar-refractivity contribution in [3.63, 3.8) is 0 Å². The average molecular weight is 456 g/mol. The lowest BCUT2D eigenvalue weighted by Gasteiger charge is -2.31. The summed E-state index contributed by atoms with van der Waals surface area (Å²) >= 11 is 1.99. The molecule has 5 nitrogen and oxygen atoms in total. The van der Waals surface area contributed by atoms with Crippen molar-refractivity contribution in [3.05, 3.63) is 0 Å². The molecule has 0 amide bonds. The minimum absolute atomic E-state index is 0. The SMILES string of the molecule is CCNC(=NCC(C)N1CCOCC1)NC1CCC(SC)C1.I. The van der Waals surface area contributed by atoms with Gasteiger partial charge in [-0.05, 0) is 39.4 Å². The van der Waals surface area contributed by atoms with Crippen LogP contribution in [-0.4, -0.2) is 73.8 Å². The van der Waals surface area contributed by atoms with E-state index in [-0.39, 0.29) is 24.0 Å². The van der Waals surface area contributed by atoms with E-state index in [4.69, 9.17) is 9.73 Å². The number of ether oxygens (including phenoxy) is 1. The van der Waals surface area contributed by atoms with Gasteiger partial charge in [-0.3, -0.25) is 9.89 Å². The maximum absolute atomic E-state index is 5.42. The van der Waals surface area contributed by atoms with Gasteiger partial charge in [-0.15, -0.1) is 24.0 Å². The molecule has 2 aliphatic rings. The topological polar surface area (TPSA) is 48.9 Å². The van der Waals surface area contributed by atoms with Crippen molar-refractivity contribution >= 4 is 41.7 Å². The van der Waals surface area contributed by atoms with Gasteiger partial charge in [-0.25, -0.2) is 0 Å². The molecule has 0 aromatic rings. The molecule has 0 spiro atoms. The molecule has 1 aliphatic heterocycles. The number of nitrogens with zero attached hydrogens (tertiary/aromatic N) is 2. The maximum Gasteiger partial charge on any atom is 0.191 e. The number of guanidine groups is 1. The smallest absolute Gasteiger partial charge is 0.191 e. The van der Waals surface area contributed by atoms with Crippen molar-refractivity contribution < 1.29 is 4.74 Å². The second kappa shape index (κ2) is 11.8. The zero-order valence-corrected chi connectivity index (χ0v) is 17.9. The number of rotatable bonds is 6. The van der Waals surface area contributed by atoms with E-state index in [9.17, 15) is 0 Å². The Morgan fingerprint density at radius 1 is 1.35 bits per heavy atom. The number of hydrogen-bond acceptors (Lipinski definition) is 4. The Hall–Kier alpha value is 0.270. The molecule has 0 aromatic carbocycles. The number of morpholine rings is 1. The third kappa shape index (κ3) is 7.36. The summed E-state index contributed by atoms with van der Waals surface area (Å²) in [4.78, 5) is 7.28. The van der Waals surface area contributed by atoms with Crippen LogP contribution in [0.1, 0.15) is 33.1 Å². The van der Waals surface area contributed by atoms with Crippen LogP contribution in [0.15, 0.2) is 4.99 Å². The molecule has 2 rings (SSSR count). The molecule has 3 unspecified atom stereocenters. The molecular weight excluding hydrogens is 423 g/mol. The van der Waals surface area contributed by atoms with Gasteiger partial charge in [0, 0.05) is 37.0 Å². The first-order chi connectivity index (χ1) is 10.7. The molecule has 1 saturated heterocycles. The third-order valence-corrected chi connectivity index (χ3v) is 5.68. The average Bonchev–Trinajstić information content (AvgIpc) is 3.01. The summed E-state index contributed by atoms with van der Waals surface area (Å²) in [6.45, 7) is 9.90. The summed E-state index contributed by atoms with van der Waals surface area (Å²) in [7, 11) is 0. The van der Waals surface area contributed by atoms with Crippen molar-refractivity contribution in [2.75, 3.05) is 45.6 Å². The van der Waals surface area contributed by atoms with Gasteiger partial charge >= 0.3 is 0 Å². The van der Waals surface area contributed by atoms with Gasteiger partial charge < -0.3 is 15.4 Å². The summed E-state index contributed by atoms with van der Waals surface area (Å²) in [6, 6.07) is 1.05. The number of aliphatic imine (C=N–C) groups is 1. The van der Waals surface area contributed by atoms with Crippen molar-refractivity contribution in [2.24, 2.45) is 4.99 Å². The molecule has 0 radical (unpaired) electrons. The predicted molar refractivity (Wildman–Crippen MR) is 111 cm³/mol. The molecule has 3 atom stereocenters. The first-order valence-corrected chi connectivity index (χ1v) is 9.91. The first kappa shape index (κ1) is 21.3. The minimum Gasteiger partial charge on any atom is -0.379 e. The van der Waals surface area contributed by atoms with E-state index < -0.39 is 0 Å². The number of nitrogens with one attached hydrogen (secondary N) is 2. The third-order valence-electron chi connectivity index (χ3n) is 4.59. The van der Waals surface area contributed by atoms with Crippen LogP contribution in [0.2, 0.25) is 0 Å². The summed E-state index contributed by atoms with van der Waals surface area (Å²) in [6.07, 6.45) is 6.05. The lowest BCUT2D eigenvalue weighted by molar-refractivity contribution is 0.0220. The quantitative estimate of drug-likeness (QED) is 0.365. The zero-order chi connectivity index (χ0) is 15.8. The molecule has 0 bridgehead atoms. The van der Waals surface area contributed by atoms with E-state index >= 15 is 0 Å². The lowest BCUT2D eigenvalue weighted by atomic mass is 10.2. The Morgan fingerprint density at radius 3 is 2.70 bits per heavy atom. The van der Waals surface area contributed by atoms with E-state index in [1.54, 1.807) is 0 Å². The summed E-state index contributed by atoms with van der Waals surface area (Å²) in [5.74, 6) is 0.981. The lowest BCUT2D eigenvalue weighted by Crippen LogP contribution is -2.45. The molecule has 1 aliphatic carbocycles. The molecule has 23 heavy (non-hydrogen) atoms. The Labute approximate surface area is 162 Å². The molecule has 2 fully saturated rings. The summed E-state index contributed by atoms with van der Waals surface area (Å²) in [5.41, 5.74) is 0. The number of thioether (sulfide) groups is 1. The van der Waals surface area contributed by atoms with Gasteiger partial charge in [0.05, 0.1) is 19.8 Å². The molecule has 136 valence electrons. The number of hydrogen-bond donors (Lipinski definition) is 2. The highest BCUT2D eigenvalue weighted by Crippen LogP contribution is 2.27. The van der Waals surface area contributed by atoms with Gasteiger partial charge in [0.2, 0.25) is 0 Å². The largest absolute Gasteiger partial charge is 0.379 e. The monoisotopic (exact) mass is 456 g/mol. The van der Waals surface area contributed by atoms with E-state index in [2.05, 4.69) is 35.6 Å². The van der Waals surface area contributed by atoms with Crippen LogP contribution in [0, 0.1) is 0 Å². The van der Waals surface area contributed by atoms with Gasteiger partial charge in [-0.2, -0.15) is 11.8 Å². The molecule has 1 saturated carbocycles. The van der Waals surface area contributed by atoms with Crippen LogP contribution < -0.4 is 10.6 Å². The van der Waals surface area contributed by atoms with Crippen LogP contribution in [0.4, 0.5) is 0 Å². The van der Waals surface area contributed by atoms with Crippen LogP contribution in [-0.2, 0) is 4.74 Å². The first-order valence-electron chi connectivity index (χ1n) is 8.62. The van der Waals surface area contributed by atoms with E-state index in [1.165, 1.54) is 19.3 Å². The Kier molecular flexibility index (Phi) is 10.9. The van der Waals surface area contributed by atoms with Crippen LogP contribution in [0.3, 0.4) is 0 Å². The van der Waals surface area contributed by atoms with Gasteiger partial charge in [0.1, 0.15) is 0 Å². The molecule has 0 aromatic heterocycles. The fourth-order valence-electron chi connectivity index (χ4n) is 3.16. The highest BCUT2D eigenvalue weighted by atomic mass is 127. The Bertz CT molecular complexity index is 353. The van der Waals surface area contributed by atoms with Crippen molar-refractivity contribution in [2.45, 2.75) is 50.4 Å². The predicted octanol–water partition coefficient (Wildman–Crippen LogP) is 2.16. The van der Waals surface area contributed by atoms with E-state index in [0.29, 0.717) is 12.1 Å². The van der Waals surface area contributed by atoms with Crippen LogP contribution in [0.5, 0.6) is 0 Å². The van der Waals surface area contributed by atoms with Gasteiger partial charge in [0.15, 0.2) is 5.96 Å². The molecular formula is C16H33IN4OS. The van der Waals surface area contributed by atoms with Crippen molar-refractivity contribution in [3.8, 4) is 0 Å². The van der Waals surface area contributed by atoms with Crippen LogP contribution >= 0.6 is 35.7 Å². The number of halogens is 1. The molecule has 7 heteroatoms. The van der Waals surface area contributed by atoms with Crippen molar-refractivity contribution in [1.29, 1.82) is 0 Å². The van der Waals surface area contributed by atoms with Gasteiger partial charge in [-0.1, -0.05) is 0 Å². The second-order valence-corrected chi connectivity index (χ2v) is 7.37. The highest BCUT2D eigenvalue weighted by molar-refractivity contribution is 14.0. The Morgan fingerprint density at radius 2 is 2.09 bits per heavy atom. The standard InChI is InChI=1S/C16H32N4OS.HI/c1-4-17-16(19-14-5-6-15(11-14)22-3)18-12-13(2)20-7-9-21-10-8-20;/h13-15H,4-12H2,1-3H3,(H2,17,18,19);1H. The maximum atomic E-state index is 5.42. The van der Waals surface area contributed by atoms with Crippen molar-refractivity contribution in [1.82, 2.24) is 15.5 Å². The minimum atomic E-state index is 0. The normalized spacial score (nSPS) is 27.3. The zero-order valence-electron chi connectivity index (χ0n) is 14.7. The van der Waals surface area contributed by atoms with Crippen LogP contribution in [0.25, 0.3) is 0 Å². The molecule has 2 N–H and O–H groups in total. The molecule has 1 heterocycles. The fourth-order valence-corrected chi connectivity index (χ4v) is 3.95.